The van der Waals surface area contributed by atoms with E-state index in [9.17, 15) is 4.79 Å². The first-order valence-electron chi connectivity index (χ1n) is 5.22. The maximum Gasteiger partial charge on any atom is 0.337 e. The SMILES string of the molecule is CC1(C)OC[C@@H](C(=O)OCCOCCO)O1. The summed E-state index contributed by atoms with van der Waals surface area (Å²) in [6.07, 6.45) is -0.659. The van der Waals surface area contributed by atoms with E-state index in [1.165, 1.54) is 0 Å². The molecule has 0 radical (unpaired) electrons. The van der Waals surface area contributed by atoms with E-state index in [2.05, 4.69) is 0 Å². The highest BCUT2D eigenvalue weighted by molar-refractivity contribution is 5.75. The molecule has 0 spiro atoms. The van der Waals surface area contributed by atoms with Gasteiger partial charge in [-0.1, -0.05) is 0 Å². The van der Waals surface area contributed by atoms with Crippen LogP contribution in [0.5, 0.6) is 0 Å². The van der Waals surface area contributed by atoms with Gasteiger partial charge in [0.2, 0.25) is 0 Å². The molecule has 1 atom stereocenters. The van der Waals surface area contributed by atoms with Gasteiger partial charge in [0, 0.05) is 0 Å². The van der Waals surface area contributed by atoms with Gasteiger partial charge in [-0.05, 0) is 13.8 Å². The van der Waals surface area contributed by atoms with Crippen LogP contribution in [0.15, 0.2) is 0 Å². The Kier molecular flexibility index (Phi) is 5.14. The molecule has 0 aromatic rings. The Labute approximate surface area is 94.4 Å². The Balaban J connectivity index is 2.12. The minimum Gasteiger partial charge on any atom is -0.461 e. The van der Waals surface area contributed by atoms with Gasteiger partial charge >= 0.3 is 5.97 Å². The maximum atomic E-state index is 11.4. The average molecular weight is 234 g/mol. The molecule has 0 unspecified atom stereocenters. The molecule has 0 amide bonds. The molecule has 1 rings (SSSR count). The summed E-state index contributed by atoms with van der Waals surface area (Å²) in [5.74, 6) is -1.17. The molecule has 1 heterocycles. The van der Waals surface area contributed by atoms with Crippen molar-refractivity contribution < 1.29 is 28.8 Å². The molecule has 1 saturated heterocycles. The second kappa shape index (κ2) is 6.15. The molecule has 0 bridgehead atoms. The zero-order chi connectivity index (χ0) is 12.0. The minimum absolute atomic E-state index is 0.0400. The van der Waals surface area contributed by atoms with Crippen molar-refractivity contribution in [2.75, 3.05) is 33.0 Å². The van der Waals surface area contributed by atoms with Gasteiger partial charge in [-0.3, -0.25) is 0 Å². The third-order valence-electron chi connectivity index (χ3n) is 1.98. The van der Waals surface area contributed by atoms with Crippen LogP contribution in [0.2, 0.25) is 0 Å². The maximum absolute atomic E-state index is 11.4. The number of aliphatic hydroxyl groups is 1. The normalized spacial score (nSPS) is 23.3. The van der Waals surface area contributed by atoms with Gasteiger partial charge in [0.1, 0.15) is 6.61 Å². The van der Waals surface area contributed by atoms with Gasteiger partial charge in [-0.15, -0.1) is 0 Å². The Hall–Kier alpha value is -0.690. The van der Waals surface area contributed by atoms with Gasteiger partial charge in [-0.2, -0.15) is 0 Å². The van der Waals surface area contributed by atoms with Crippen LogP contribution in [0.25, 0.3) is 0 Å². The van der Waals surface area contributed by atoms with Crippen LogP contribution in [0.3, 0.4) is 0 Å². The fraction of sp³-hybridized carbons (Fsp3) is 0.900. The van der Waals surface area contributed by atoms with Crippen molar-refractivity contribution >= 4 is 5.97 Å². The van der Waals surface area contributed by atoms with E-state index < -0.39 is 17.9 Å². The summed E-state index contributed by atoms with van der Waals surface area (Å²) >= 11 is 0. The molecular weight excluding hydrogens is 216 g/mol. The lowest BCUT2D eigenvalue weighted by atomic mass is 10.4. The largest absolute Gasteiger partial charge is 0.461 e. The Morgan fingerprint density at radius 2 is 2.19 bits per heavy atom. The molecule has 6 heteroatoms. The van der Waals surface area contributed by atoms with E-state index in [0.29, 0.717) is 0 Å². The molecule has 0 aromatic heterocycles. The van der Waals surface area contributed by atoms with Crippen LogP contribution in [-0.2, 0) is 23.7 Å². The summed E-state index contributed by atoms with van der Waals surface area (Å²) in [6.45, 7) is 4.32. The molecule has 6 nitrogen and oxygen atoms in total. The quantitative estimate of drug-likeness (QED) is 0.502. The summed E-state index contributed by atoms with van der Waals surface area (Å²) in [6, 6.07) is 0. The number of carbonyl (C=O) groups excluding carboxylic acids is 1. The highest BCUT2D eigenvalue weighted by Gasteiger charge is 2.37. The van der Waals surface area contributed by atoms with Crippen molar-refractivity contribution in [3.05, 3.63) is 0 Å². The van der Waals surface area contributed by atoms with Crippen LogP contribution in [0.4, 0.5) is 0 Å². The van der Waals surface area contributed by atoms with Crippen molar-refractivity contribution in [1.82, 2.24) is 0 Å². The number of esters is 1. The van der Waals surface area contributed by atoms with Crippen molar-refractivity contribution in [3.63, 3.8) is 0 Å². The van der Waals surface area contributed by atoms with Crippen LogP contribution in [-0.4, -0.2) is 56.0 Å². The van der Waals surface area contributed by atoms with Crippen molar-refractivity contribution in [3.8, 4) is 0 Å². The first-order chi connectivity index (χ1) is 7.55. The summed E-state index contributed by atoms with van der Waals surface area (Å²) < 4.78 is 20.4. The van der Waals surface area contributed by atoms with Crippen molar-refractivity contribution in [1.29, 1.82) is 0 Å². The molecule has 16 heavy (non-hydrogen) atoms. The lowest BCUT2D eigenvalue weighted by Gasteiger charge is -2.16. The molecule has 0 aliphatic carbocycles. The number of rotatable bonds is 6. The highest BCUT2D eigenvalue weighted by Crippen LogP contribution is 2.22. The second-order valence-corrected chi connectivity index (χ2v) is 3.82. The second-order valence-electron chi connectivity index (χ2n) is 3.82. The number of ether oxygens (including phenoxy) is 4. The fourth-order valence-corrected chi connectivity index (χ4v) is 1.26. The predicted molar refractivity (Wildman–Crippen MR) is 53.8 cm³/mol. The molecule has 0 aromatic carbocycles. The number of carbonyl (C=O) groups is 1. The topological polar surface area (TPSA) is 74.2 Å². The molecule has 94 valence electrons. The van der Waals surface area contributed by atoms with Crippen LogP contribution in [0, 0.1) is 0 Å². The van der Waals surface area contributed by atoms with E-state index in [1.54, 1.807) is 13.8 Å². The lowest BCUT2D eigenvalue weighted by molar-refractivity contribution is -0.170. The molecule has 1 aliphatic heterocycles. The summed E-state index contributed by atoms with van der Waals surface area (Å²) in [5.41, 5.74) is 0. The van der Waals surface area contributed by atoms with Gasteiger partial charge in [0.25, 0.3) is 0 Å². The van der Waals surface area contributed by atoms with E-state index in [-0.39, 0.29) is 33.0 Å². The van der Waals surface area contributed by atoms with E-state index in [1.807, 2.05) is 0 Å². The highest BCUT2D eigenvalue weighted by atomic mass is 16.8. The predicted octanol–water partition coefficient (Wildman–Crippen LogP) is -0.310. The summed E-state index contributed by atoms with van der Waals surface area (Å²) in [5, 5.41) is 8.44. The lowest BCUT2D eigenvalue weighted by Crippen LogP contribution is -2.29. The van der Waals surface area contributed by atoms with E-state index >= 15 is 0 Å². The molecular formula is C10H18O6. The first-order valence-corrected chi connectivity index (χ1v) is 5.22. The smallest absolute Gasteiger partial charge is 0.337 e. The van der Waals surface area contributed by atoms with Gasteiger partial charge in [-0.25, -0.2) is 4.79 Å². The van der Waals surface area contributed by atoms with E-state index in [4.69, 9.17) is 24.1 Å². The number of hydrogen-bond acceptors (Lipinski definition) is 6. The van der Waals surface area contributed by atoms with Crippen LogP contribution >= 0.6 is 0 Å². The zero-order valence-corrected chi connectivity index (χ0v) is 9.60. The van der Waals surface area contributed by atoms with Gasteiger partial charge in [0.05, 0.1) is 26.4 Å². The molecule has 1 aliphatic rings. The molecule has 1 N–H and O–H groups in total. The monoisotopic (exact) mass is 234 g/mol. The van der Waals surface area contributed by atoms with Crippen molar-refractivity contribution in [2.24, 2.45) is 0 Å². The Bertz CT molecular complexity index is 227. The first kappa shape index (κ1) is 13.4. The Morgan fingerprint density at radius 1 is 1.44 bits per heavy atom. The number of hydrogen-bond donors (Lipinski definition) is 1. The van der Waals surface area contributed by atoms with Gasteiger partial charge in [0.15, 0.2) is 11.9 Å². The zero-order valence-electron chi connectivity index (χ0n) is 9.60. The molecule has 0 saturated carbocycles. The van der Waals surface area contributed by atoms with Crippen LogP contribution < -0.4 is 0 Å². The molecule has 1 fully saturated rings. The summed E-state index contributed by atoms with van der Waals surface area (Å²) in [7, 11) is 0. The Morgan fingerprint density at radius 3 is 2.75 bits per heavy atom. The number of aliphatic hydroxyl groups excluding tert-OH is 1. The third kappa shape index (κ3) is 4.44. The average Bonchev–Trinajstić information content (AvgIpc) is 2.58. The third-order valence-corrected chi connectivity index (χ3v) is 1.98. The standard InChI is InChI=1S/C10H18O6/c1-10(2)15-7-8(16-10)9(12)14-6-5-13-4-3-11/h8,11H,3-7H2,1-2H3/t8-/m0/s1. The van der Waals surface area contributed by atoms with Crippen molar-refractivity contribution in [2.45, 2.75) is 25.7 Å². The van der Waals surface area contributed by atoms with Gasteiger partial charge < -0.3 is 24.1 Å². The van der Waals surface area contributed by atoms with E-state index in [0.717, 1.165) is 0 Å². The summed E-state index contributed by atoms with van der Waals surface area (Å²) in [4.78, 5) is 11.4. The van der Waals surface area contributed by atoms with Crippen LogP contribution in [0.1, 0.15) is 13.8 Å². The minimum atomic E-state index is -0.725. The fourth-order valence-electron chi connectivity index (χ4n) is 1.26.